The maximum atomic E-state index is 13.8. The van der Waals surface area contributed by atoms with E-state index in [0.29, 0.717) is 18.2 Å². The average Bonchev–Trinajstić information content (AvgIpc) is 2.44. The van der Waals surface area contributed by atoms with Crippen LogP contribution >= 0.6 is 0 Å². The highest BCUT2D eigenvalue weighted by molar-refractivity contribution is 5.36. The minimum Gasteiger partial charge on any atom is -0.496 e. The van der Waals surface area contributed by atoms with Gasteiger partial charge in [0, 0.05) is 12.6 Å². The number of aliphatic hydroxyl groups is 1. The summed E-state index contributed by atoms with van der Waals surface area (Å²) in [5, 5.41) is 10.2. The van der Waals surface area contributed by atoms with Crippen molar-refractivity contribution in [1.29, 1.82) is 0 Å². The molecule has 1 N–H and O–H groups in total. The molecule has 0 spiro atoms. The molecule has 2 atom stereocenters. The molecule has 0 aromatic heterocycles. The van der Waals surface area contributed by atoms with Gasteiger partial charge in [0.1, 0.15) is 11.6 Å². The summed E-state index contributed by atoms with van der Waals surface area (Å²) in [5.41, 5.74) is 0.256. The van der Waals surface area contributed by atoms with Gasteiger partial charge in [-0.15, -0.1) is 0 Å². The summed E-state index contributed by atoms with van der Waals surface area (Å²) >= 11 is 0. The van der Waals surface area contributed by atoms with Crippen LogP contribution in [-0.2, 0) is 0 Å². The zero-order valence-corrected chi connectivity index (χ0v) is 12.9. The van der Waals surface area contributed by atoms with Gasteiger partial charge >= 0.3 is 0 Å². The average molecular weight is 283 g/mol. The summed E-state index contributed by atoms with van der Waals surface area (Å²) in [6, 6.07) is 5.07. The zero-order valence-electron chi connectivity index (χ0n) is 12.9. The Morgan fingerprint density at radius 3 is 2.65 bits per heavy atom. The number of rotatable bonds is 8. The van der Waals surface area contributed by atoms with Crippen molar-refractivity contribution in [2.24, 2.45) is 0 Å². The van der Waals surface area contributed by atoms with Crippen molar-refractivity contribution in [3.05, 3.63) is 29.6 Å². The monoisotopic (exact) mass is 283 g/mol. The topological polar surface area (TPSA) is 32.7 Å². The Kier molecular flexibility index (Phi) is 6.96. The highest BCUT2D eigenvalue weighted by atomic mass is 19.1. The van der Waals surface area contributed by atoms with Crippen LogP contribution in [0.15, 0.2) is 18.2 Å². The number of hydrogen-bond donors (Lipinski definition) is 1. The van der Waals surface area contributed by atoms with Gasteiger partial charge in [0.05, 0.1) is 18.8 Å². The van der Waals surface area contributed by atoms with Gasteiger partial charge in [0.15, 0.2) is 0 Å². The molecule has 0 heterocycles. The number of ether oxygens (including phenoxy) is 1. The summed E-state index contributed by atoms with van der Waals surface area (Å²) in [5.74, 6) is -0.0112. The van der Waals surface area contributed by atoms with Gasteiger partial charge in [-0.2, -0.15) is 0 Å². The van der Waals surface area contributed by atoms with Crippen LogP contribution in [0.3, 0.4) is 0 Å². The molecule has 20 heavy (non-hydrogen) atoms. The van der Waals surface area contributed by atoms with Crippen LogP contribution < -0.4 is 4.74 Å². The lowest BCUT2D eigenvalue weighted by atomic mass is 10.0. The van der Waals surface area contributed by atoms with Gasteiger partial charge in [-0.25, -0.2) is 4.39 Å². The van der Waals surface area contributed by atoms with Crippen molar-refractivity contribution >= 4 is 0 Å². The van der Waals surface area contributed by atoms with Crippen LogP contribution in [0.25, 0.3) is 0 Å². The van der Waals surface area contributed by atoms with E-state index in [1.165, 1.54) is 13.2 Å². The van der Waals surface area contributed by atoms with E-state index in [1.54, 1.807) is 12.1 Å². The number of methoxy groups -OCH3 is 1. The minimum absolute atomic E-state index is 0.256. The van der Waals surface area contributed by atoms with E-state index < -0.39 is 11.9 Å². The molecule has 0 saturated carbocycles. The Labute approximate surface area is 121 Å². The Balaban J connectivity index is 2.65. The largest absolute Gasteiger partial charge is 0.496 e. The SMILES string of the molecule is CCCC(C)N(C)CCC(O)c1c(F)cccc1OC. The minimum atomic E-state index is -0.845. The van der Waals surface area contributed by atoms with Crippen molar-refractivity contribution in [1.82, 2.24) is 4.90 Å². The molecule has 0 amide bonds. The van der Waals surface area contributed by atoms with E-state index in [-0.39, 0.29) is 5.56 Å². The number of halogens is 1. The quantitative estimate of drug-likeness (QED) is 0.794. The van der Waals surface area contributed by atoms with Crippen molar-refractivity contribution in [2.75, 3.05) is 20.7 Å². The van der Waals surface area contributed by atoms with E-state index in [4.69, 9.17) is 4.74 Å². The normalized spacial score (nSPS) is 14.3. The molecule has 114 valence electrons. The third-order valence-electron chi connectivity index (χ3n) is 3.78. The van der Waals surface area contributed by atoms with E-state index in [0.717, 1.165) is 19.4 Å². The molecular weight excluding hydrogens is 257 g/mol. The van der Waals surface area contributed by atoms with Crippen LogP contribution in [0, 0.1) is 5.82 Å². The van der Waals surface area contributed by atoms with Crippen LogP contribution in [0.4, 0.5) is 4.39 Å². The fourth-order valence-corrected chi connectivity index (χ4v) is 2.35. The van der Waals surface area contributed by atoms with E-state index >= 15 is 0 Å². The Bertz CT molecular complexity index is 411. The second-order valence-corrected chi connectivity index (χ2v) is 5.28. The molecule has 0 bridgehead atoms. The Morgan fingerprint density at radius 2 is 2.05 bits per heavy atom. The van der Waals surface area contributed by atoms with Crippen molar-refractivity contribution in [3.63, 3.8) is 0 Å². The molecule has 1 aromatic carbocycles. The zero-order chi connectivity index (χ0) is 15.1. The van der Waals surface area contributed by atoms with E-state index in [1.807, 2.05) is 7.05 Å². The third kappa shape index (κ3) is 4.46. The lowest BCUT2D eigenvalue weighted by Crippen LogP contribution is -2.30. The molecule has 2 unspecified atom stereocenters. The molecule has 1 aromatic rings. The van der Waals surface area contributed by atoms with Gasteiger partial charge in [0.2, 0.25) is 0 Å². The summed E-state index contributed by atoms with van der Waals surface area (Å²) in [4.78, 5) is 2.19. The van der Waals surface area contributed by atoms with Gasteiger partial charge in [-0.1, -0.05) is 19.4 Å². The van der Waals surface area contributed by atoms with Crippen LogP contribution in [0.2, 0.25) is 0 Å². The van der Waals surface area contributed by atoms with Crippen molar-refractivity contribution < 1.29 is 14.2 Å². The maximum Gasteiger partial charge on any atom is 0.132 e. The number of aliphatic hydroxyl groups excluding tert-OH is 1. The van der Waals surface area contributed by atoms with E-state index in [9.17, 15) is 9.50 Å². The van der Waals surface area contributed by atoms with Crippen LogP contribution in [0.1, 0.15) is 44.8 Å². The fraction of sp³-hybridized carbons (Fsp3) is 0.625. The Hall–Kier alpha value is -1.13. The molecule has 0 aliphatic rings. The molecule has 0 fully saturated rings. The lowest BCUT2D eigenvalue weighted by Gasteiger charge is -2.25. The molecule has 0 radical (unpaired) electrons. The summed E-state index contributed by atoms with van der Waals surface area (Å²) in [6.07, 6.45) is 1.90. The fourth-order valence-electron chi connectivity index (χ4n) is 2.35. The first-order valence-corrected chi connectivity index (χ1v) is 7.21. The maximum absolute atomic E-state index is 13.8. The molecule has 0 aliphatic carbocycles. The predicted molar refractivity (Wildman–Crippen MR) is 79.5 cm³/mol. The van der Waals surface area contributed by atoms with Gasteiger partial charge in [-0.05, 0) is 38.9 Å². The molecular formula is C16H26FNO2. The first kappa shape index (κ1) is 16.9. The first-order chi connectivity index (χ1) is 9.51. The van der Waals surface area contributed by atoms with E-state index in [2.05, 4.69) is 18.7 Å². The smallest absolute Gasteiger partial charge is 0.132 e. The molecule has 4 heteroatoms. The van der Waals surface area contributed by atoms with Crippen molar-refractivity contribution in [2.45, 2.75) is 45.3 Å². The summed E-state index contributed by atoms with van der Waals surface area (Å²) in [6.45, 7) is 5.04. The van der Waals surface area contributed by atoms with Crippen molar-refractivity contribution in [3.8, 4) is 5.75 Å². The van der Waals surface area contributed by atoms with Gasteiger partial charge in [0.25, 0.3) is 0 Å². The van der Waals surface area contributed by atoms with Gasteiger partial charge in [-0.3, -0.25) is 0 Å². The summed E-state index contributed by atoms with van der Waals surface area (Å²) < 4.78 is 19.0. The number of hydrogen-bond acceptors (Lipinski definition) is 3. The highest BCUT2D eigenvalue weighted by Crippen LogP contribution is 2.29. The Morgan fingerprint density at radius 1 is 1.35 bits per heavy atom. The summed E-state index contributed by atoms with van der Waals surface area (Å²) in [7, 11) is 3.52. The van der Waals surface area contributed by atoms with Gasteiger partial charge < -0.3 is 14.7 Å². The highest BCUT2D eigenvalue weighted by Gasteiger charge is 2.19. The first-order valence-electron chi connectivity index (χ1n) is 7.21. The lowest BCUT2D eigenvalue weighted by molar-refractivity contribution is 0.131. The van der Waals surface area contributed by atoms with Crippen LogP contribution in [0.5, 0.6) is 5.75 Å². The standard InChI is InChI=1S/C16H26FNO2/c1-5-7-12(2)18(3)11-10-14(19)16-13(17)8-6-9-15(16)20-4/h6,8-9,12,14,19H,5,7,10-11H2,1-4H3. The second kappa shape index (κ2) is 8.22. The number of benzene rings is 1. The van der Waals surface area contributed by atoms with Crippen LogP contribution in [-0.4, -0.2) is 36.8 Å². The predicted octanol–water partition coefficient (Wildman–Crippen LogP) is 3.38. The number of nitrogens with zero attached hydrogens (tertiary/aromatic N) is 1. The molecule has 0 saturated heterocycles. The third-order valence-corrected chi connectivity index (χ3v) is 3.78. The molecule has 3 nitrogen and oxygen atoms in total. The molecule has 1 rings (SSSR count). The second-order valence-electron chi connectivity index (χ2n) is 5.28. The molecule has 0 aliphatic heterocycles.